The van der Waals surface area contributed by atoms with Crippen molar-refractivity contribution in [2.45, 2.75) is 76.9 Å². The van der Waals surface area contributed by atoms with Gasteiger partial charge in [0.1, 0.15) is 0 Å². The molecule has 1 unspecified atom stereocenters. The first-order chi connectivity index (χ1) is 9.56. The van der Waals surface area contributed by atoms with Crippen molar-refractivity contribution in [3.63, 3.8) is 0 Å². The monoisotopic (exact) mass is 281 g/mol. The molecule has 0 spiro atoms. The molecule has 2 fully saturated rings. The minimum absolute atomic E-state index is 0.0457. The van der Waals surface area contributed by atoms with Crippen molar-refractivity contribution in [3.05, 3.63) is 0 Å². The Labute approximate surface area is 121 Å². The standard InChI is InChI=1S/C15H27N3O2/c1-11(2)18-10-13(9-14(18)19)17-15(20)16-12-7-5-3-4-6-8-12/h11-13H,3-10H2,1-2H3,(H2,16,17,20). The van der Waals surface area contributed by atoms with Crippen molar-refractivity contribution in [3.8, 4) is 0 Å². The van der Waals surface area contributed by atoms with E-state index in [1.54, 1.807) is 0 Å². The van der Waals surface area contributed by atoms with Crippen molar-refractivity contribution < 1.29 is 9.59 Å². The molecule has 0 radical (unpaired) electrons. The van der Waals surface area contributed by atoms with Gasteiger partial charge in [-0.25, -0.2) is 4.79 Å². The Morgan fingerprint density at radius 3 is 2.25 bits per heavy atom. The van der Waals surface area contributed by atoms with Crippen molar-refractivity contribution in [2.24, 2.45) is 0 Å². The molecular weight excluding hydrogens is 254 g/mol. The molecule has 0 bridgehead atoms. The zero-order chi connectivity index (χ0) is 14.5. The van der Waals surface area contributed by atoms with Gasteiger partial charge >= 0.3 is 6.03 Å². The summed E-state index contributed by atoms with van der Waals surface area (Å²) in [6, 6.07) is 0.353. The van der Waals surface area contributed by atoms with Crippen molar-refractivity contribution in [2.75, 3.05) is 6.54 Å². The molecule has 1 aliphatic heterocycles. The van der Waals surface area contributed by atoms with Crippen LogP contribution in [0.4, 0.5) is 4.79 Å². The van der Waals surface area contributed by atoms with Gasteiger partial charge in [-0.2, -0.15) is 0 Å². The van der Waals surface area contributed by atoms with Crippen molar-refractivity contribution in [1.82, 2.24) is 15.5 Å². The summed E-state index contributed by atoms with van der Waals surface area (Å²) in [5, 5.41) is 6.01. The van der Waals surface area contributed by atoms with Gasteiger partial charge < -0.3 is 15.5 Å². The lowest BCUT2D eigenvalue weighted by atomic mass is 10.1. The highest BCUT2D eigenvalue weighted by atomic mass is 16.2. The normalized spacial score (nSPS) is 24.9. The van der Waals surface area contributed by atoms with E-state index in [0.29, 0.717) is 19.0 Å². The predicted molar refractivity (Wildman–Crippen MR) is 78.4 cm³/mol. The molecule has 1 aliphatic carbocycles. The molecule has 3 amide bonds. The number of amides is 3. The van der Waals surface area contributed by atoms with Gasteiger partial charge in [-0.3, -0.25) is 4.79 Å². The van der Waals surface area contributed by atoms with Crippen LogP contribution in [-0.2, 0) is 4.79 Å². The molecule has 0 aromatic carbocycles. The van der Waals surface area contributed by atoms with Crippen LogP contribution >= 0.6 is 0 Å². The number of urea groups is 1. The number of carbonyl (C=O) groups is 2. The molecule has 1 saturated carbocycles. The van der Waals surface area contributed by atoms with Gasteiger partial charge in [0, 0.05) is 25.0 Å². The van der Waals surface area contributed by atoms with Crippen molar-refractivity contribution in [1.29, 1.82) is 0 Å². The lowest BCUT2D eigenvalue weighted by Crippen LogP contribution is -2.47. The van der Waals surface area contributed by atoms with Crippen LogP contribution in [0.3, 0.4) is 0 Å². The Balaban J connectivity index is 1.76. The molecule has 0 aromatic rings. The minimum atomic E-state index is -0.111. The first-order valence-electron chi connectivity index (χ1n) is 7.92. The first kappa shape index (κ1) is 15.1. The number of carbonyl (C=O) groups excluding carboxylic acids is 2. The van der Waals surface area contributed by atoms with E-state index < -0.39 is 0 Å². The van der Waals surface area contributed by atoms with E-state index in [2.05, 4.69) is 10.6 Å². The Morgan fingerprint density at radius 1 is 1.10 bits per heavy atom. The third-order valence-corrected chi connectivity index (χ3v) is 4.31. The summed E-state index contributed by atoms with van der Waals surface area (Å²) in [6.45, 7) is 4.65. The van der Waals surface area contributed by atoms with E-state index in [-0.39, 0.29) is 24.0 Å². The average Bonchev–Trinajstić information content (AvgIpc) is 2.59. The van der Waals surface area contributed by atoms with Crippen LogP contribution in [0.5, 0.6) is 0 Å². The molecular formula is C15H27N3O2. The number of hydrogen-bond acceptors (Lipinski definition) is 2. The number of likely N-dealkylation sites (tertiary alicyclic amines) is 1. The van der Waals surface area contributed by atoms with E-state index in [9.17, 15) is 9.59 Å². The Morgan fingerprint density at radius 2 is 1.70 bits per heavy atom. The summed E-state index contributed by atoms with van der Waals surface area (Å²) in [4.78, 5) is 25.6. The molecule has 2 rings (SSSR count). The molecule has 114 valence electrons. The summed E-state index contributed by atoms with van der Waals surface area (Å²) in [5.41, 5.74) is 0. The highest BCUT2D eigenvalue weighted by molar-refractivity contribution is 5.81. The molecule has 5 heteroatoms. The zero-order valence-corrected chi connectivity index (χ0v) is 12.7. The van der Waals surface area contributed by atoms with E-state index in [1.165, 1.54) is 25.7 Å². The van der Waals surface area contributed by atoms with Gasteiger partial charge in [0.25, 0.3) is 0 Å². The van der Waals surface area contributed by atoms with E-state index in [1.807, 2.05) is 18.7 Å². The molecule has 2 aliphatic rings. The Kier molecular flexibility index (Phi) is 5.26. The van der Waals surface area contributed by atoms with Crippen molar-refractivity contribution >= 4 is 11.9 Å². The second-order valence-electron chi connectivity index (χ2n) is 6.35. The van der Waals surface area contributed by atoms with Crippen LogP contribution in [0.1, 0.15) is 58.8 Å². The van der Waals surface area contributed by atoms with E-state index in [0.717, 1.165) is 12.8 Å². The molecule has 1 atom stereocenters. The Bertz CT molecular complexity index is 349. The second-order valence-corrected chi connectivity index (χ2v) is 6.35. The third kappa shape index (κ3) is 4.12. The van der Waals surface area contributed by atoms with E-state index in [4.69, 9.17) is 0 Å². The quantitative estimate of drug-likeness (QED) is 0.777. The fourth-order valence-corrected chi connectivity index (χ4v) is 3.16. The van der Waals surface area contributed by atoms with Crippen LogP contribution in [0.15, 0.2) is 0 Å². The smallest absolute Gasteiger partial charge is 0.315 e. The minimum Gasteiger partial charge on any atom is -0.338 e. The van der Waals surface area contributed by atoms with Gasteiger partial charge in [0.15, 0.2) is 0 Å². The predicted octanol–water partition coefficient (Wildman–Crippen LogP) is 2.02. The number of nitrogens with one attached hydrogen (secondary N) is 2. The maximum Gasteiger partial charge on any atom is 0.315 e. The molecule has 0 aromatic heterocycles. The second kappa shape index (κ2) is 6.95. The van der Waals surface area contributed by atoms with Crippen LogP contribution in [0, 0.1) is 0 Å². The highest BCUT2D eigenvalue weighted by Gasteiger charge is 2.32. The first-order valence-corrected chi connectivity index (χ1v) is 7.92. The molecule has 1 saturated heterocycles. The maximum absolute atomic E-state index is 12.0. The van der Waals surface area contributed by atoms with Crippen LogP contribution in [0.25, 0.3) is 0 Å². The average molecular weight is 281 g/mol. The SMILES string of the molecule is CC(C)N1CC(NC(=O)NC2CCCCCC2)CC1=O. The number of hydrogen-bond donors (Lipinski definition) is 2. The van der Waals surface area contributed by atoms with Gasteiger partial charge in [-0.1, -0.05) is 25.7 Å². The number of nitrogens with zero attached hydrogens (tertiary/aromatic N) is 1. The largest absolute Gasteiger partial charge is 0.338 e. The summed E-state index contributed by atoms with van der Waals surface area (Å²) in [5.74, 6) is 0.139. The third-order valence-electron chi connectivity index (χ3n) is 4.31. The molecule has 20 heavy (non-hydrogen) atoms. The summed E-state index contributed by atoms with van der Waals surface area (Å²) < 4.78 is 0. The lowest BCUT2D eigenvalue weighted by Gasteiger charge is -2.22. The fraction of sp³-hybridized carbons (Fsp3) is 0.867. The van der Waals surface area contributed by atoms with Crippen LogP contribution in [0.2, 0.25) is 0 Å². The molecule has 1 heterocycles. The Hall–Kier alpha value is -1.26. The summed E-state index contributed by atoms with van der Waals surface area (Å²) >= 11 is 0. The molecule has 2 N–H and O–H groups in total. The summed E-state index contributed by atoms with van der Waals surface area (Å²) in [6.07, 6.45) is 7.54. The fourth-order valence-electron chi connectivity index (χ4n) is 3.16. The van der Waals surface area contributed by atoms with Crippen LogP contribution in [-0.4, -0.2) is 41.5 Å². The van der Waals surface area contributed by atoms with Gasteiger partial charge in [-0.05, 0) is 26.7 Å². The van der Waals surface area contributed by atoms with Gasteiger partial charge in [-0.15, -0.1) is 0 Å². The van der Waals surface area contributed by atoms with Crippen LogP contribution < -0.4 is 10.6 Å². The molecule has 5 nitrogen and oxygen atoms in total. The zero-order valence-electron chi connectivity index (χ0n) is 12.7. The topological polar surface area (TPSA) is 61.4 Å². The lowest BCUT2D eigenvalue weighted by molar-refractivity contribution is -0.129. The highest BCUT2D eigenvalue weighted by Crippen LogP contribution is 2.17. The van der Waals surface area contributed by atoms with E-state index >= 15 is 0 Å². The maximum atomic E-state index is 12.0. The summed E-state index contributed by atoms with van der Waals surface area (Å²) in [7, 11) is 0. The number of rotatable bonds is 3. The van der Waals surface area contributed by atoms with Gasteiger partial charge in [0.2, 0.25) is 5.91 Å². The van der Waals surface area contributed by atoms with Gasteiger partial charge in [0.05, 0.1) is 6.04 Å².